The van der Waals surface area contributed by atoms with E-state index in [4.69, 9.17) is 4.74 Å². The molecule has 0 spiro atoms. The molecule has 5 nitrogen and oxygen atoms in total. The van der Waals surface area contributed by atoms with E-state index >= 15 is 0 Å². The van der Waals surface area contributed by atoms with Gasteiger partial charge in [-0.05, 0) is 37.3 Å². The average molecular weight is 457 g/mol. The van der Waals surface area contributed by atoms with Gasteiger partial charge in [-0.25, -0.2) is 0 Å². The molecule has 138 valence electrons. The van der Waals surface area contributed by atoms with Crippen LogP contribution in [0.25, 0.3) is 0 Å². The van der Waals surface area contributed by atoms with Gasteiger partial charge in [0, 0.05) is 32.1 Å². The number of nitrogens with one attached hydrogen (secondary N) is 1. The number of hydrogen-bond acceptors (Lipinski definition) is 3. The van der Waals surface area contributed by atoms with E-state index in [2.05, 4.69) is 46.4 Å². The van der Waals surface area contributed by atoms with E-state index in [1.165, 1.54) is 18.2 Å². The minimum Gasteiger partial charge on any atom is -0.469 e. The van der Waals surface area contributed by atoms with Gasteiger partial charge in [-0.1, -0.05) is 24.3 Å². The average Bonchev–Trinajstić information content (AvgIpc) is 3.38. The van der Waals surface area contributed by atoms with Gasteiger partial charge in [0.15, 0.2) is 5.96 Å². The highest BCUT2D eigenvalue weighted by Gasteiger charge is 2.40. The molecule has 3 rings (SSSR count). The summed E-state index contributed by atoms with van der Waals surface area (Å²) in [6.07, 6.45) is 2.82. The molecule has 6 heteroatoms. The summed E-state index contributed by atoms with van der Waals surface area (Å²) in [5, 5.41) is 3.60. The van der Waals surface area contributed by atoms with Crippen molar-refractivity contribution in [2.45, 2.75) is 38.1 Å². The number of benzene rings is 1. The molecule has 1 aliphatic heterocycles. The van der Waals surface area contributed by atoms with E-state index in [0.717, 1.165) is 38.3 Å². The summed E-state index contributed by atoms with van der Waals surface area (Å²) in [4.78, 5) is 18.4. The number of likely N-dealkylation sites (tertiary alicyclic amines) is 1. The molecule has 1 saturated carbocycles. The number of carbonyl (C=O) groups excluding carboxylic acids is 1. The third-order valence-corrected chi connectivity index (χ3v) is 5.23. The summed E-state index contributed by atoms with van der Waals surface area (Å²) in [5.41, 5.74) is 2.80. The molecule has 25 heavy (non-hydrogen) atoms. The second kappa shape index (κ2) is 8.87. The van der Waals surface area contributed by atoms with Gasteiger partial charge in [-0.15, -0.1) is 24.0 Å². The van der Waals surface area contributed by atoms with Crippen LogP contribution in [0.4, 0.5) is 0 Å². The van der Waals surface area contributed by atoms with Gasteiger partial charge in [-0.2, -0.15) is 0 Å². The Kier molecular flexibility index (Phi) is 7.10. The van der Waals surface area contributed by atoms with Crippen LogP contribution in [0.15, 0.2) is 29.3 Å². The zero-order chi connectivity index (χ0) is 17.1. The van der Waals surface area contributed by atoms with Gasteiger partial charge in [0.2, 0.25) is 0 Å². The molecule has 1 aromatic carbocycles. The Labute approximate surface area is 167 Å². The van der Waals surface area contributed by atoms with Crippen LogP contribution < -0.4 is 5.32 Å². The minimum absolute atomic E-state index is 0. The Hall–Kier alpha value is -1.31. The first-order chi connectivity index (χ1) is 11.6. The number of carbonyl (C=O) groups is 1. The van der Waals surface area contributed by atoms with Crippen LogP contribution in [0.5, 0.6) is 0 Å². The summed E-state index contributed by atoms with van der Waals surface area (Å²) in [6.45, 7) is 3.87. The van der Waals surface area contributed by atoms with Gasteiger partial charge in [0.1, 0.15) is 0 Å². The summed E-state index contributed by atoms with van der Waals surface area (Å²) in [7, 11) is 3.30. The number of guanidine groups is 1. The molecule has 1 saturated heterocycles. The highest BCUT2D eigenvalue weighted by Crippen LogP contribution is 2.42. The van der Waals surface area contributed by atoms with Crippen molar-refractivity contribution in [2.75, 3.05) is 27.2 Å². The predicted molar refractivity (Wildman–Crippen MR) is 111 cm³/mol. The lowest BCUT2D eigenvalue weighted by atomic mass is 9.97. The van der Waals surface area contributed by atoms with Gasteiger partial charge >= 0.3 is 5.97 Å². The van der Waals surface area contributed by atoms with Crippen molar-refractivity contribution < 1.29 is 9.53 Å². The first-order valence-electron chi connectivity index (χ1n) is 8.75. The van der Waals surface area contributed by atoms with Crippen molar-refractivity contribution in [3.05, 3.63) is 35.4 Å². The molecule has 1 aliphatic carbocycles. The lowest BCUT2D eigenvalue weighted by Gasteiger charge is -2.33. The fraction of sp³-hybridized carbons (Fsp3) is 0.579. The van der Waals surface area contributed by atoms with Crippen molar-refractivity contribution in [3.63, 3.8) is 0 Å². The summed E-state index contributed by atoms with van der Waals surface area (Å²) in [6, 6.07) is 9.07. The second-order valence-electron chi connectivity index (χ2n) is 6.78. The number of aryl methyl sites for hydroxylation is 1. The number of ether oxygens (including phenoxy) is 1. The molecule has 2 aliphatic rings. The first-order valence-corrected chi connectivity index (χ1v) is 8.75. The maximum atomic E-state index is 11.6. The third kappa shape index (κ3) is 4.65. The number of hydrogen-bond donors (Lipinski definition) is 1. The van der Waals surface area contributed by atoms with Crippen LogP contribution in [-0.2, 0) is 9.53 Å². The smallest absolute Gasteiger partial charge is 0.308 e. The lowest BCUT2D eigenvalue weighted by Crippen LogP contribution is -2.47. The topological polar surface area (TPSA) is 53.9 Å². The second-order valence-corrected chi connectivity index (χ2v) is 6.78. The van der Waals surface area contributed by atoms with Crippen LogP contribution in [0.1, 0.15) is 36.3 Å². The molecule has 0 radical (unpaired) electrons. The lowest BCUT2D eigenvalue weighted by molar-refractivity contribution is -0.146. The molecule has 2 fully saturated rings. The first kappa shape index (κ1) is 20.0. The normalized spacial score (nSPS) is 23.6. The van der Waals surface area contributed by atoms with Gasteiger partial charge in [0.25, 0.3) is 0 Å². The van der Waals surface area contributed by atoms with E-state index in [9.17, 15) is 4.79 Å². The van der Waals surface area contributed by atoms with E-state index in [1.807, 2.05) is 7.05 Å². The zero-order valence-corrected chi connectivity index (χ0v) is 17.5. The van der Waals surface area contributed by atoms with Crippen molar-refractivity contribution in [1.82, 2.24) is 10.2 Å². The van der Waals surface area contributed by atoms with Crippen molar-refractivity contribution in [3.8, 4) is 0 Å². The predicted octanol–water partition coefficient (Wildman–Crippen LogP) is 2.93. The Morgan fingerprint density at radius 2 is 1.96 bits per heavy atom. The van der Waals surface area contributed by atoms with Crippen molar-refractivity contribution in [2.24, 2.45) is 10.9 Å². The number of halogens is 1. The monoisotopic (exact) mass is 457 g/mol. The molecular formula is C19H28IN3O2. The van der Waals surface area contributed by atoms with Crippen molar-refractivity contribution >= 4 is 35.9 Å². The molecule has 0 bridgehead atoms. The SMILES string of the molecule is CN=C(NC1CC1c1ccccc1C)N1CCC(C(=O)OC)CC1.I. The van der Waals surface area contributed by atoms with E-state index in [1.54, 1.807) is 0 Å². The number of nitrogens with zero attached hydrogens (tertiary/aromatic N) is 2. The van der Waals surface area contributed by atoms with E-state index < -0.39 is 0 Å². The molecule has 0 amide bonds. The van der Waals surface area contributed by atoms with Crippen LogP contribution >= 0.6 is 24.0 Å². The maximum Gasteiger partial charge on any atom is 0.308 e. The largest absolute Gasteiger partial charge is 0.469 e. The molecule has 2 atom stereocenters. The Morgan fingerprint density at radius 1 is 1.28 bits per heavy atom. The highest BCUT2D eigenvalue weighted by atomic mass is 127. The Balaban J connectivity index is 0.00000225. The van der Waals surface area contributed by atoms with Crippen LogP contribution in [0.2, 0.25) is 0 Å². The van der Waals surface area contributed by atoms with Gasteiger partial charge in [-0.3, -0.25) is 9.79 Å². The van der Waals surface area contributed by atoms with Crippen LogP contribution in [-0.4, -0.2) is 50.1 Å². The fourth-order valence-corrected chi connectivity index (χ4v) is 3.66. The molecule has 2 unspecified atom stereocenters. The molecule has 0 aromatic heterocycles. The number of methoxy groups -OCH3 is 1. The van der Waals surface area contributed by atoms with Gasteiger partial charge in [0.05, 0.1) is 13.0 Å². The summed E-state index contributed by atoms with van der Waals surface area (Å²) >= 11 is 0. The fourth-order valence-electron chi connectivity index (χ4n) is 3.66. The quantitative estimate of drug-likeness (QED) is 0.328. The number of rotatable bonds is 3. The summed E-state index contributed by atoms with van der Waals surface area (Å²) in [5.74, 6) is 1.49. The molecule has 1 aromatic rings. The van der Waals surface area contributed by atoms with Gasteiger partial charge < -0.3 is 15.0 Å². The van der Waals surface area contributed by atoms with E-state index in [0.29, 0.717) is 12.0 Å². The molecular weight excluding hydrogens is 429 g/mol. The van der Waals surface area contributed by atoms with E-state index in [-0.39, 0.29) is 35.9 Å². The maximum absolute atomic E-state index is 11.6. The highest BCUT2D eigenvalue weighted by molar-refractivity contribution is 14.0. The Bertz CT molecular complexity index is 627. The summed E-state index contributed by atoms with van der Waals surface area (Å²) < 4.78 is 4.86. The number of piperidine rings is 1. The van der Waals surface area contributed by atoms with Crippen molar-refractivity contribution in [1.29, 1.82) is 0 Å². The third-order valence-electron chi connectivity index (χ3n) is 5.23. The standard InChI is InChI=1S/C19H27N3O2.HI/c1-13-6-4-5-7-15(13)16-12-17(16)21-19(20-2)22-10-8-14(9-11-22)18(23)24-3;/h4-7,14,16-17H,8-12H2,1-3H3,(H,20,21);1H. The Morgan fingerprint density at radius 3 is 2.56 bits per heavy atom. The number of aliphatic imine (C=N–C) groups is 1. The molecule has 1 heterocycles. The zero-order valence-electron chi connectivity index (χ0n) is 15.2. The molecule has 1 N–H and O–H groups in total. The van der Waals surface area contributed by atoms with Crippen LogP contribution in [0, 0.1) is 12.8 Å². The number of esters is 1. The minimum atomic E-state index is -0.0839. The van der Waals surface area contributed by atoms with Crippen LogP contribution in [0.3, 0.4) is 0 Å².